The van der Waals surface area contributed by atoms with Crippen molar-refractivity contribution >= 4 is 44.8 Å². The molecule has 3 aromatic rings. The maximum atomic E-state index is 13.5. The number of aryl methyl sites for hydroxylation is 1. The van der Waals surface area contributed by atoms with Crippen LogP contribution in [0.2, 0.25) is 10.0 Å². The van der Waals surface area contributed by atoms with E-state index in [-0.39, 0.29) is 18.0 Å². The van der Waals surface area contributed by atoms with Crippen LogP contribution in [0.1, 0.15) is 11.1 Å². The minimum Gasteiger partial charge on any atom is -0.497 e. The van der Waals surface area contributed by atoms with Crippen LogP contribution >= 0.6 is 23.2 Å². The lowest BCUT2D eigenvalue weighted by atomic mass is 10.2. The molecule has 6 nitrogen and oxygen atoms in total. The number of ether oxygens (including phenoxy) is 1. The van der Waals surface area contributed by atoms with Gasteiger partial charge < -0.3 is 9.64 Å². The van der Waals surface area contributed by atoms with Gasteiger partial charge in [-0.1, -0.05) is 47.0 Å². The predicted molar refractivity (Wildman–Crippen MR) is 132 cm³/mol. The van der Waals surface area contributed by atoms with Gasteiger partial charge in [0.05, 0.1) is 18.6 Å². The Morgan fingerprint density at radius 3 is 2.18 bits per heavy atom. The predicted octanol–water partition coefficient (Wildman–Crippen LogP) is 5.16. The Morgan fingerprint density at radius 2 is 1.61 bits per heavy atom. The van der Waals surface area contributed by atoms with Crippen LogP contribution in [0.25, 0.3) is 0 Å². The molecule has 0 saturated heterocycles. The molecular formula is C24H24Cl2N2O4S. The Morgan fingerprint density at radius 1 is 0.970 bits per heavy atom. The lowest BCUT2D eigenvalue weighted by Gasteiger charge is -2.25. The minimum absolute atomic E-state index is 0.0889. The Balaban J connectivity index is 1.93. The van der Waals surface area contributed by atoms with E-state index in [0.717, 1.165) is 9.87 Å². The first-order valence-electron chi connectivity index (χ1n) is 10.0. The molecule has 0 aliphatic carbocycles. The lowest BCUT2D eigenvalue weighted by molar-refractivity contribution is -0.118. The van der Waals surface area contributed by atoms with Crippen LogP contribution in [0.4, 0.5) is 5.69 Å². The molecule has 0 heterocycles. The highest BCUT2D eigenvalue weighted by Crippen LogP contribution is 2.26. The van der Waals surface area contributed by atoms with Crippen LogP contribution in [0.5, 0.6) is 5.75 Å². The fourth-order valence-corrected chi connectivity index (χ4v) is 4.97. The number of halogens is 2. The topological polar surface area (TPSA) is 66.9 Å². The molecular weight excluding hydrogens is 483 g/mol. The van der Waals surface area contributed by atoms with Crippen molar-refractivity contribution in [3.05, 3.63) is 87.9 Å². The highest BCUT2D eigenvalue weighted by Gasteiger charge is 2.29. The maximum absolute atomic E-state index is 13.5. The third-order valence-corrected chi connectivity index (χ3v) is 7.56. The highest BCUT2D eigenvalue weighted by atomic mass is 35.5. The van der Waals surface area contributed by atoms with E-state index in [2.05, 4.69) is 0 Å². The summed E-state index contributed by atoms with van der Waals surface area (Å²) in [7, 11) is -0.842. The average molecular weight is 507 g/mol. The van der Waals surface area contributed by atoms with Crippen molar-refractivity contribution in [3.8, 4) is 5.75 Å². The molecule has 9 heteroatoms. The number of amides is 1. The molecule has 0 spiro atoms. The van der Waals surface area contributed by atoms with Crippen molar-refractivity contribution in [2.45, 2.75) is 18.4 Å². The van der Waals surface area contributed by atoms with Crippen LogP contribution in [0, 0.1) is 6.92 Å². The minimum atomic E-state index is -3.99. The summed E-state index contributed by atoms with van der Waals surface area (Å²) in [6.45, 7) is 1.40. The summed E-state index contributed by atoms with van der Waals surface area (Å²) >= 11 is 12.3. The third-order valence-electron chi connectivity index (χ3n) is 5.17. The number of carbonyl (C=O) groups is 1. The molecule has 0 bridgehead atoms. The molecule has 0 aliphatic heterocycles. The summed E-state index contributed by atoms with van der Waals surface area (Å²) in [5.74, 6) is 0.251. The SMILES string of the molecule is COc1ccc(N(C)C(=O)CN(Cc2ccc(Cl)cc2Cl)S(=O)(=O)c2ccc(C)cc2)cc1. The number of methoxy groups -OCH3 is 1. The molecule has 33 heavy (non-hydrogen) atoms. The van der Waals surface area contributed by atoms with Gasteiger partial charge in [0, 0.05) is 29.3 Å². The summed E-state index contributed by atoms with van der Waals surface area (Å²) in [6, 6.07) is 18.2. The normalized spacial score (nSPS) is 11.5. The first-order chi connectivity index (χ1) is 15.6. The summed E-state index contributed by atoms with van der Waals surface area (Å²) in [4.78, 5) is 14.6. The average Bonchev–Trinajstić information content (AvgIpc) is 2.80. The van der Waals surface area contributed by atoms with E-state index < -0.39 is 15.9 Å². The Hall–Kier alpha value is -2.58. The summed E-state index contributed by atoms with van der Waals surface area (Å²) < 4.78 is 33.2. The standard InChI is InChI=1S/C24H24Cl2N2O4S/c1-17-4-12-22(13-5-17)33(30,31)28(15-18-6-7-19(25)14-23(18)26)16-24(29)27(2)20-8-10-21(32-3)11-9-20/h4-14H,15-16H2,1-3H3. The number of nitrogens with zero attached hydrogens (tertiary/aromatic N) is 2. The van der Waals surface area contributed by atoms with E-state index in [1.807, 2.05) is 6.92 Å². The summed E-state index contributed by atoms with van der Waals surface area (Å²) in [6.07, 6.45) is 0. The number of hydrogen-bond acceptors (Lipinski definition) is 4. The van der Waals surface area contributed by atoms with Crippen molar-refractivity contribution in [1.82, 2.24) is 4.31 Å². The molecule has 0 aliphatic rings. The van der Waals surface area contributed by atoms with E-state index in [0.29, 0.717) is 27.0 Å². The van der Waals surface area contributed by atoms with Crippen LogP contribution in [-0.2, 0) is 21.4 Å². The zero-order chi connectivity index (χ0) is 24.2. The van der Waals surface area contributed by atoms with Crippen LogP contribution < -0.4 is 9.64 Å². The quantitative estimate of drug-likeness (QED) is 0.422. The van der Waals surface area contributed by atoms with E-state index in [1.54, 1.807) is 68.8 Å². The van der Waals surface area contributed by atoms with E-state index in [9.17, 15) is 13.2 Å². The largest absolute Gasteiger partial charge is 0.497 e. The second-order valence-electron chi connectivity index (χ2n) is 7.47. The van der Waals surface area contributed by atoms with Gasteiger partial charge in [0.2, 0.25) is 15.9 Å². The fraction of sp³-hybridized carbons (Fsp3) is 0.208. The first kappa shape index (κ1) is 25.1. The van der Waals surface area contributed by atoms with Crippen molar-refractivity contribution in [2.75, 3.05) is 25.6 Å². The molecule has 3 rings (SSSR count). The maximum Gasteiger partial charge on any atom is 0.243 e. The Bertz CT molecular complexity index is 1230. The number of anilines is 1. The monoisotopic (exact) mass is 506 g/mol. The van der Waals surface area contributed by atoms with Gasteiger partial charge in [0.25, 0.3) is 0 Å². The Labute approximate surface area is 204 Å². The molecule has 174 valence electrons. The zero-order valence-corrected chi connectivity index (χ0v) is 20.8. The van der Waals surface area contributed by atoms with Gasteiger partial charge in [-0.05, 0) is 61.0 Å². The van der Waals surface area contributed by atoms with Crippen molar-refractivity contribution in [2.24, 2.45) is 0 Å². The second-order valence-corrected chi connectivity index (χ2v) is 10.3. The van der Waals surface area contributed by atoms with Crippen molar-refractivity contribution in [1.29, 1.82) is 0 Å². The molecule has 0 radical (unpaired) electrons. The molecule has 1 amide bonds. The fourth-order valence-electron chi connectivity index (χ4n) is 3.13. The van der Waals surface area contributed by atoms with Crippen LogP contribution in [-0.4, -0.2) is 39.3 Å². The van der Waals surface area contributed by atoms with Gasteiger partial charge in [0.1, 0.15) is 5.75 Å². The first-order valence-corrected chi connectivity index (χ1v) is 12.2. The van der Waals surface area contributed by atoms with Crippen LogP contribution in [0.15, 0.2) is 71.6 Å². The lowest BCUT2D eigenvalue weighted by Crippen LogP contribution is -2.41. The molecule has 0 N–H and O–H groups in total. The second kappa shape index (κ2) is 10.6. The number of sulfonamides is 1. The third kappa shape index (κ3) is 6.06. The van der Waals surface area contributed by atoms with Crippen molar-refractivity contribution in [3.63, 3.8) is 0 Å². The van der Waals surface area contributed by atoms with E-state index in [1.165, 1.54) is 17.0 Å². The van der Waals surface area contributed by atoms with E-state index in [4.69, 9.17) is 27.9 Å². The molecule has 0 fully saturated rings. The Kier molecular flexibility index (Phi) is 8.02. The van der Waals surface area contributed by atoms with Gasteiger partial charge in [0.15, 0.2) is 0 Å². The zero-order valence-electron chi connectivity index (χ0n) is 18.5. The number of carbonyl (C=O) groups excluding carboxylic acids is 1. The molecule has 0 aromatic heterocycles. The summed E-state index contributed by atoms with van der Waals surface area (Å²) in [5, 5.41) is 0.759. The number of likely N-dealkylation sites (N-methyl/N-ethyl adjacent to an activating group) is 1. The van der Waals surface area contributed by atoms with E-state index >= 15 is 0 Å². The number of hydrogen-bond donors (Lipinski definition) is 0. The van der Waals surface area contributed by atoms with Gasteiger partial charge in [-0.2, -0.15) is 4.31 Å². The molecule has 0 atom stereocenters. The number of benzene rings is 3. The van der Waals surface area contributed by atoms with Gasteiger partial charge in [-0.15, -0.1) is 0 Å². The molecule has 0 saturated carbocycles. The van der Waals surface area contributed by atoms with Gasteiger partial charge in [-0.3, -0.25) is 4.79 Å². The van der Waals surface area contributed by atoms with Crippen LogP contribution in [0.3, 0.4) is 0 Å². The van der Waals surface area contributed by atoms with Gasteiger partial charge >= 0.3 is 0 Å². The molecule has 3 aromatic carbocycles. The highest BCUT2D eigenvalue weighted by molar-refractivity contribution is 7.89. The van der Waals surface area contributed by atoms with Crippen molar-refractivity contribution < 1.29 is 17.9 Å². The smallest absolute Gasteiger partial charge is 0.243 e. The summed E-state index contributed by atoms with van der Waals surface area (Å²) in [5.41, 5.74) is 2.08. The van der Waals surface area contributed by atoms with Gasteiger partial charge in [-0.25, -0.2) is 8.42 Å². The molecule has 0 unspecified atom stereocenters. The number of rotatable bonds is 8.